The van der Waals surface area contributed by atoms with Crippen LogP contribution in [0.15, 0.2) is 0 Å². The number of anilines is 1. The number of nitrogens with one attached hydrogen (secondary N) is 5. The van der Waals surface area contributed by atoms with Crippen molar-refractivity contribution in [1.29, 1.82) is 0 Å². The molecule has 48 heteroatoms. The van der Waals surface area contributed by atoms with Gasteiger partial charge in [-0.2, -0.15) is 0 Å². The van der Waals surface area contributed by atoms with Crippen LogP contribution in [-0.4, -0.2) is 422 Å². The normalized spacial score (nSPS) is 18.1. The molecule has 3 radical (unpaired) electrons. The van der Waals surface area contributed by atoms with Gasteiger partial charge in [-0.15, -0.1) is 0 Å². The SMILES string of the molecule is CC(C(=O)NCCNC(=O)c1c(I)c(C(=O)NCCNC(=O)C(C)N2CCN(CC(=O)[O-])CCN(CC(=O)[O-])CCN(CC(=O)[O-])CC2)c(I)c(N(C)C(=O)CNC(=O)C(C)N2CCN(CC(=O)[O-])CCN(CC(=O)[O-])CCN(CC(=O)[O-])CC2)c1I)N1CCN(CC(=O)[O-])CCN(CC(=O)[O-])CCN(CC(=O)[O-])CC1.[Dy+3].[Dy+3].[Dy+3]. The second-order valence-corrected chi connectivity index (χ2v) is 30.0. The third-order valence-electron chi connectivity index (χ3n) is 18.9. The summed E-state index contributed by atoms with van der Waals surface area (Å²) in [4.78, 5) is 211. The zero-order chi connectivity index (χ0) is 82.8. The Morgan fingerprint density at radius 1 is 0.298 bits per heavy atom. The van der Waals surface area contributed by atoms with Crippen LogP contribution in [0.4, 0.5) is 5.69 Å². The third kappa shape index (κ3) is 40.9. The van der Waals surface area contributed by atoms with Gasteiger partial charge < -0.3 is 121 Å². The van der Waals surface area contributed by atoms with Crippen LogP contribution in [0.25, 0.3) is 0 Å². The maximum atomic E-state index is 14.7. The number of aliphatic carboxylic acids is 9. The Balaban J connectivity index is 0.0000217. The third-order valence-corrected chi connectivity index (χ3v) is 22.0. The molecule has 0 aliphatic carbocycles. The van der Waals surface area contributed by atoms with Crippen LogP contribution in [0.2, 0.25) is 0 Å². The summed E-state index contributed by atoms with van der Waals surface area (Å²) in [5.74, 6) is -16.9. The molecule has 3 atom stereocenters. The Morgan fingerprint density at radius 3 is 0.667 bits per heavy atom. The average molecular weight is 2390 g/mol. The number of hydrogen-bond donors (Lipinski definition) is 5. The van der Waals surface area contributed by atoms with E-state index >= 15 is 0 Å². The molecule has 3 unspecified atom stereocenters. The number of carboxylic acid groups (broad SMARTS) is 9. The van der Waals surface area contributed by atoms with Gasteiger partial charge in [-0.3, -0.25) is 87.6 Å². The zero-order valence-electron chi connectivity index (χ0n) is 63.3. The molecule has 5 N–H and O–H groups in total. The average Bonchev–Trinajstić information content (AvgIpc) is 0.757. The zero-order valence-corrected chi connectivity index (χ0v) is 75.9. The number of carboxylic acids is 9. The molecule has 4 rings (SSSR count). The molecular weight excluding hydrogens is 2300 g/mol. The number of benzene rings is 1. The van der Waals surface area contributed by atoms with Crippen molar-refractivity contribution in [3.8, 4) is 0 Å². The minimum absolute atomic E-state index is 0. The Bertz CT molecular complexity index is 3180. The van der Waals surface area contributed by atoms with Crippen LogP contribution in [0.5, 0.6) is 0 Å². The van der Waals surface area contributed by atoms with Crippen LogP contribution in [0.3, 0.4) is 0 Å². The molecule has 42 nitrogen and oxygen atoms in total. The summed E-state index contributed by atoms with van der Waals surface area (Å²) in [5, 5.41) is 119. The van der Waals surface area contributed by atoms with E-state index < -0.39 is 173 Å². The van der Waals surface area contributed by atoms with Gasteiger partial charge in [-0.1, -0.05) is 0 Å². The van der Waals surface area contributed by atoms with Gasteiger partial charge in [0.1, 0.15) is 0 Å². The molecule has 3 saturated heterocycles. The van der Waals surface area contributed by atoms with Gasteiger partial charge in [0.15, 0.2) is 0 Å². The van der Waals surface area contributed by atoms with E-state index in [1.807, 2.05) is 45.2 Å². The first-order valence-electron chi connectivity index (χ1n) is 35.7. The van der Waals surface area contributed by atoms with Gasteiger partial charge in [0.2, 0.25) is 23.6 Å². The number of nitrogens with zero attached hydrogens (tertiary/aromatic N) is 13. The monoisotopic (exact) mass is 2400 g/mol. The summed E-state index contributed by atoms with van der Waals surface area (Å²) in [6.45, 7) is -0.463. The minimum atomic E-state index is -1.43. The summed E-state index contributed by atoms with van der Waals surface area (Å²) in [6, 6.07) is -2.95. The molecule has 0 saturated carbocycles. The number of amides is 6. The topological polar surface area (TPSA) is 566 Å². The number of rotatable bonds is 35. The minimum Gasteiger partial charge on any atom is -0.549 e. The van der Waals surface area contributed by atoms with E-state index in [2.05, 4.69) is 26.6 Å². The fourth-order valence-corrected chi connectivity index (χ4v) is 17.3. The second kappa shape index (κ2) is 57.2. The molecule has 0 aromatic heterocycles. The Labute approximate surface area is 792 Å². The fraction of sp³-hybridized carbons (Fsp3) is 0.682. The van der Waals surface area contributed by atoms with Crippen LogP contribution in [0.1, 0.15) is 41.5 Å². The van der Waals surface area contributed by atoms with E-state index in [4.69, 9.17) is 0 Å². The van der Waals surface area contributed by atoms with Gasteiger partial charge >= 0.3 is 115 Å². The van der Waals surface area contributed by atoms with Crippen LogP contribution >= 0.6 is 67.8 Å². The number of hydrogen-bond acceptors (Lipinski definition) is 36. The van der Waals surface area contributed by atoms with Crippen molar-refractivity contribution < 1.29 is 232 Å². The van der Waals surface area contributed by atoms with Crippen molar-refractivity contribution in [2.24, 2.45) is 0 Å². The molecule has 1 aromatic carbocycles. The predicted molar refractivity (Wildman–Crippen MR) is 398 cm³/mol. The van der Waals surface area contributed by atoms with Crippen LogP contribution < -0.4 is 77.4 Å². The first-order chi connectivity index (χ1) is 52.3. The Kier molecular flexibility index (Phi) is 54.6. The molecule has 3 heterocycles. The Hall–Kier alpha value is -3.20. The van der Waals surface area contributed by atoms with Gasteiger partial charge in [0, 0.05) is 253 Å². The molecule has 114 heavy (non-hydrogen) atoms. The largest absolute Gasteiger partial charge is 3.00 e. The predicted octanol–water partition coefficient (Wildman–Crippen LogP) is -18.1. The summed E-state index contributed by atoms with van der Waals surface area (Å²) >= 11 is 5.44. The van der Waals surface area contributed by atoms with E-state index in [0.717, 1.165) is 4.90 Å². The summed E-state index contributed by atoms with van der Waals surface area (Å²) in [5.41, 5.74) is -0.236. The maximum Gasteiger partial charge on any atom is 3.00 e. The van der Waals surface area contributed by atoms with Crippen molar-refractivity contribution in [1.82, 2.24) is 85.4 Å². The van der Waals surface area contributed by atoms with Gasteiger partial charge in [0.25, 0.3) is 11.8 Å². The van der Waals surface area contributed by atoms with Crippen molar-refractivity contribution in [2.45, 2.75) is 38.9 Å². The maximum absolute atomic E-state index is 14.7. The molecule has 1 aromatic rings. The van der Waals surface area contributed by atoms with Crippen LogP contribution in [0, 0.1) is 125 Å². The van der Waals surface area contributed by atoms with E-state index in [9.17, 15) is 118 Å². The summed E-state index contributed by atoms with van der Waals surface area (Å²) < 4.78 is 0.323. The molecule has 645 valence electrons. The smallest absolute Gasteiger partial charge is 0.549 e. The molecule has 0 spiro atoms. The molecule has 0 bridgehead atoms. The van der Waals surface area contributed by atoms with Crippen molar-refractivity contribution in [3.63, 3.8) is 0 Å². The van der Waals surface area contributed by atoms with Crippen molar-refractivity contribution in [3.05, 3.63) is 21.8 Å². The van der Waals surface area contributed by atoms with Crippen molar-refractivity contribution >= 4 is 163 Å². The fourth-order valence-electron chi connectivity index (χ4n) is 12.5. The first kappa shape index (κ1) is 109. The quantitative estimate of drug-likeness (QED) is 0.0311. The van der Waals surface area contributed by atoms with Crippen molar-refractivity contribution in [2.75, 3.05) is 261 Å². The molecule has 6 amide bonds. The second-order valence-electron chi connectivity index (χ2n) is 26.8. The Morgan fingerprint density at radius 2 is 0.474 bits per heavy atom. The number of likely N-dealkylation sites (N-methyl/N-ethyl adjacent to an activating group) is 1. The molecule has 3 fully saturated rings. The number of halogens is 3. The van der Waals surface area contributed by atoms with E-state index in [0.29, 0.717) is 0 Å². The number of carbonyl (C=O) groups excluding carboxylic acids is 15. The first-order valence-corrected chi connectivity index (χ1v) is 39.0. The van der Waals surface area contributed by atoms with Gasteiger partial charge in [-0.05, 0) is 88.5 Å². The number of carbonyl (C=O) groups is 15. The summed E-state index contributed by atoms with van der Waals surface area (Å²) in [7, 11) is 1.32. The molecular formula is C66H96Dy3I3N18O24. The molecule has 3 aliphatic heterocycles. The van der Waals surface area contributed by atoms with E-state index in [1.165, 1.54) is 58.1 Å². The molecule has 3 aliphatic rings. The van der Waals surface area contributed by atoms with Gasteiger partial charge in [0.05, 0.1) is 102 Å². The standard InChI is InChI=1S/C66H105I3N18O24.3Dy/c1-43(85-27-21-79(37-50(95)96)15-9-76(34-47(89)90)10-16-80(22-28-85)38-51(97)98)62(107)70-5-7-72-65(110)56-58(67)57(66(111)73-8-6-71-63(108)44(2)86-29-23-81(39-52(99)100)17-11-77(35-48(91)92)12-18-82(24-30-86)40-53(101)102)60(69)61(59(56)68)75(4)46(88)33-74-64(109)45(3)87-31-25-83(41-54(103)104)19-13-78(36-49(93)94)14-20-84(26-32-87)42-55(105)106;;;/h43-45H,5-42H2,1-4H3,(H,70,107)(H,71,108)(H,72,110)(H,73,111)(H,74,109)(H,89,90)(H,91,92)(H,93,94)(H,95,96)(H,97,98)(H,99,100)(H,101,102)(H,103,104)(H,105,106);;;/q;3*+3/p-9. The van der Waals surface area contributed by atoms with E-state index in [-0.39, 0.29) is 325 Å². The van der Waals surface area contributed by atoms with Gasteiger partial charge in [-0.25, -0.2) is 0 Å². The summed E-state index contributed by atoms with van der Waals surface area (Å²) in [6.07, 6.45) is 0. The van der Waals surface area contributed by atoms with E-state index in [1.54, 1.807) is 51.1 Å². The van der Waals surface area contributed by atoms with Crippen LogP contribution in [-0.2, 0) is 62.3 Å².